The highest BCUT2D eigenvalue weighted by Gasteiger charge is 2.25. The number of hydrogen-bond donors (Lipinski definition) is 0. The van der Waals surface area contributed by atoms with Crippen LogP contribution in [0.4, 0.5) is 8.78 Å². The van der Waals surface area contributed by atoms with Crippen molar-refractivity contribution in [1.29, 1.82) is 0 Å². The van der Waals surface area contributed by atoms with Crippen LogP contribution in [0.5, 0.6) is 0 Å². The summed E-state index contributed by atoms with van der Waals surface area (Å²) in [4.78, 5) is 20.5. The molecule has 37 heavy (non-hydrogen) atoms. The van der Waals surface area contributed by atoms with Gasteiger partial charge in [0.05, 0.1) is 35.1 Å². The molecule has 1 aliphatic rings. The molecule has 1 aromatic carbocycles. The van der Waals surface area contributed by atoms with Gasteiger partial charge in [-0.2, -0.15) is 8.78 Å². The van der Waals surface area contributed by atoms with Gasteiger partial charge in [0.15, 0.2) is 0 Å². The second kappa shape index (κ2) is 9.40. The molecule has 0 atom stereocenters. The SMILES string of the molecule is CN1CCC(n2c(=O)n(Cc3ccc(-c4nnc(C(F)F)o4)cn3)c3ccc(-c4ccco4)cc32)CC1. The van der Waals surface area contributed by atoms with Gasteiger partial charge in [-0.05, 0) is 75.4 Å². The lowest BCUT2D eigenvalue weighted by Gasteiger charge is -2.29. The fourth-order valence-corrected chi connectivity index (χ4v) is 4.88. The number of nitrogens with zero attached hydrogens (tertiary/aromatic N) is 6. The Morgan fingerprint density at radius 3 is 2.54 bits per heavy atom. The zero-order chi connectivity index (χ0) is 25.5. The number of pyridine rings is 1. The Balaban J connectivity index is 1.37. The molecule has 0 saturated carbocycles. The first-order valence-corrected chi connectivity index (χ1v) is 12.0. The molecule has 6 rings (SSSR count). The number of fused-ring (bicyclic) bond motifs is 1. The molecule has 1 fully saturated rings. The Labute approximate surface area is 210 Å². The average Bonchev–Trinajstić information content (AvgIpc) is 3.66. The zero-order valence-corrected chi connectivity index (χ0v) is 20.1. The van der Waals surface area contributed by atoms with Crippen LogP contribution in [-0.4, -0.2) is 49.4 Å². The van der Waals surface area contributed by atoms with Crippen molar-refractivity contribution in [2.75, 3.05) is 20.1 Å². The number of piperidine rings is 1. The van der Waals surface area contributed by atoms with Crippen LogP contribution in [0, 0.1) is 0 Å². The molecule has 11 heteroatoms. The summed E-state index contributed by atoms with van der Waals surface area (Å²) in [7, 11) is 2.09. The van der Waals surface area contributed by atoms with E-state index >= 15 is 0 Å². The predicted octanol–water partition coefficient (Wildman–Crippen LogP) is 4.76. The summed E-state index contributed by atoms with van der Waals surface area (Å²) in [5.74, 6) is -0.0255. The fraction of sp³-hybridized carbons (Fsp3) is 0.308. The molecule has 0 amide bonds. The minimum Gasteiger partial charge on any atom is -0.464 e. The second-order valence-electron chi connectivity index (χ2n) is 9.24. The molecule has 5 aromatic rings. The third-order valence-corrected chi connectivity index (χ3v) is 6.84. The number of aromatic nitrogens is 5. The number of imidazole rings is 1. The highest BCUT2D eigenvalue weighted by atomic mass is 19.3. The molecule has 0 unspecified atom stereocenters. The maximum absolute atomic E-state index is 13.8. The Bertz CT molecular complexity index is 1580. The quantitative estimate of drug-likeness (QED) is 0.328. The van der Waals surface area contributed by atoms with E-state index in [2.05, 4.69) is 27.1 Å². The Hall–Kier alpha value is -4.12. The van der Waals surface area contributed by atoms with Crippen molar-refractivity contribution in [3.63, 3.8) is 0 Å². The minimum atomic E-state index is -2.84. The molecule has 1 aliphatic heterocycles. The van der Waals surface area contributed by atoms with Crippen LogP contribution in [0.15, 0.2) is 68.6 Å². The summed E-state index contributed by atoms with van der Waals surface area (Å²) < 4.78 is 39.8. The van der Waals surface area contributed by atoms with E-state index in [1.165, 1.54) is 6.20 Å². The van der Waals surface area contributed by atoms with Crippen LogP contribution in [0.3, 0.4) is 0 Å². The summed E-state index contributed by atoms with van der Waals surface area (Å²) in [6, 6.07) is 13.1. The van der Waals surface area contributed by atoms with Gasteiger partial charge >= 0.3 is 12.1 Å². The summed E-state index contributed by atoms with van der Waals surface area (Å²) in [5, 5.41) is 7.01. The van der Waals surface area contributed by atoms with Crippen molar-refractivity contribution in [3.8, 4) is 22.8 Å². The first kappa shape index (κ1) is 23.3. The van der Waals surface area contributed by atoms with Gasteiger partial charge in [0, 0.05) is 17.8 Å². The molecule has 190 valence electrons. The van der Waals surface area contributed by atoms with E-state index in [1.807, 2.05) is 34.9 Å². The van der Waals surface area contributed by atoms with E-state index < -0.39 is 12.3 Å². The smallest absolute Gasteiger partial charge is 0.329 e. The number of benzene rings is 1. The molecule has 0 bridgehead atoms. The summed E-state index contributed by atoms with van der Waals surface area (Å²) in [5.41, 5.74) is 3.54. The van der Waals surface area contributed by atoms with Crippen molar-refractivity contribution in [3.05, 3.63) is 77.0 Å². The Morgan fingerprint density at radius 2 is 1.86 bits per heavy atom. The highest BCUT2D eigenvalue weighted by Crippen LogP contribution is 2.30. The van der Waals surface area contributed by atoms with Gasteiger partial charge in [-0.15, -0.1) is 10.2 Å². The van der Waals surface area contributed by atoms with Crippen molar-refractivity contribution in [1.82, 2.24) is 29.2 Å². The molecule has 1 saturated heterocycles. The van der Waals surface area contributed by atoms with Crippen molar-refractivity contribution >= 4 is 11.0 Å². The number of rotatable bonds is 6. The normalized spacial score (nSPS) is 15.2. The third-order valence-electron chi connectivity index (χ3n) is 6.84. The lowest BCUT2D eigenvalue weighted by atomic mass is 10.0. The topological polar surface area (TPSA) is 95.1 Å². The van der Waals surface area contributed by atoms with Crippen LogP contribution in [-0.2, 0) is 6.54 Å². The largest absolute Gasteiger partial charge is 0.464 e. The van der Waals surface area contributed by atoms with Crippen LogP contribution in [0.25, 0.3) is 33.8 Å². The van der Waals surface area contributed by atoms with Gasteiger partial charge in [-0.1, -0.05) is 0 Å². The van der Waals surface area contributed by atoms with Crippen LogP contribution >= 0.6 is 0 Å². The highest BCUT2D eigenvalue weighted by molar-refractivity contribution is 5.82. The number of halogens is 2. The summed E-state index contributed by atoms with van der Waals surface area (Å²) in [6.07, 6.45) is 2.05. The summed E-state index contributed by atoms with van der Waals surface area (Å²) in [6.45, 7) is 2.10. The molecular weight excluding hydrogens is 482 g/mol. The van der Waals surface area contributed by atoms with Crippen LogP contribution < -0.4 is 5.69 Å². The maximum Gasteiger partial charge on any atom is 0.329 e. The molecule has 0 spiro atoms. The maximum atomic E-state index is 13.8. The van der Waals surface area contributed by atoms with E-state index in [-0.39, 0.29) is 24.2 Å². The molecule has 0 aliphatic carbocycles. The lowest BCUT2D eigenvalue weighted by molar-refractivity contribution is 0.116. The van der Waals surface area contributed by atoms with E-state index in [9.17, 15) is 13.6 Å². The lowest BCUT2D eigenvalue weighted by Crippen LogP contribution is -2.36. The van der Waals surface area contributed by atoms with Crippen LogP contribution in [0.2, 0.25) is 0 Å². The van der Waals surface area contributed by atoms with Crippen molar-refractivity contribution in [2.45, 2.75) is 31.9 Å². The number of hydrogen-bond acceptors (Lipinski definition) is 7. The first-order chi connectivity index (χ1) is 18.0. The van der Waals surface area contributed by atoms with Gasteiger partial charge < -0.3 is 13.7 Å². The zero-order valence-electron chi connectivity index (χ0n) is 20.1. The first-order valence-electron chi connectivity index (χ1n) is 12.0. The van der Waals surface area contributed by atoms with Crippen molar-refractivity contribution in [2.24, 2.45) is 0 Å². The Morgan fingerprint density at radius 1 is 1.05 bits per heavy atom. The van der Waals surface area contributed by atoms with Gasteiger partial charge in [0.2, 0.25) is 5.89 Å². The molecule has 0 radical (unpaired) electrons. The monoisotopic (exact) mass is 506 g/mol. The summed E-state index contributed by atoms with van der Waals surface area (Å²) >= 11 is 0. The van der Waals surface area contributed by atoms with Gasteiger partial charge in [0.1, 0.15) is 5.76 Å². The van der Waals surface area contributed by atoms with E-state index in [4.69, 9.17) is 8.83 Å². The van der Waals surface area contributed by atoms with Gasteiger partial charge in [-0.3, -0.25) is 14.1 Å². The molecule has 4 aromatic heterocycles. The molecule has 9 nitrogen and oxygen atoms in total. The second-order valence-corrected chi connectivity index (χ2v) is 9.24. The van der Waals surface area contributed by atoms with Gasteiger partial charge in [0.25, 0.3) is 5.89 Å². The van der Waals surface area contributed by atoms with Crippen molar-refractivity contribution < 1.29 is 17.6 Å². The number of likely N-dealkylation sites (tertiary alicyclic amines) is 1. The predicted molar refractivity (Wildman–Crippen MR) is 131 cm³/mol. The van der Waals surface area contributed by atoms with Crippen LogP contribution in [0.1, 0.15) is 36.9 Å². The number of furan rings is 1. The van der Waals surface area contributed by atoms with E-state index in [0.717, 1.165) is 48.3 Å². The number of alkyl halides is 2. The molecular formula is C26H24F2N6O3. The fourth-order valence-electron chi connectivity index (χ4n) is 4.88. The van der Waals surface area contributed by atoms with E-state index in [1.54, 1.807) is 23.0 Å². The minimum absolute atomic E-state index is 0.0316. The molecule has 0 N–H and O–H groups in total. The average molecular weight is 507 g/mol. The van der Waals surface area contributed by atoms with E-state index in [0.29, 0.717) is 11.3 Å². The Kier molecular flexibility index (Phi) is 5.91. The third kappa shape index (κ3) is 4.35. The standard InChI is InChI=1S/C26H24F2N6O3/c1-32-10-8-19(9-11-32)34-21-13-16(22-3-2-12-36-22)5-7-20(21)33(26(34)35)15-18-6-4-17(14-29-18)24-30-31-25(37-24)23(27)28/h2-7,12-14,19,23H,8-11,15H2,1H3. The molecule has 5 heterocycles. The van der Waals surface area contributed by atoms with Gasteiger partial charge in [-0.25, -0.2) is 4.79 Å².